The van der Waals surface area contributed by atoms with Crippen LogP contribution in [0.4, 0.5) is 13.6 Å². The molecule has 0 spiro atoms. The van der Waals surface area contributed by atoms with Crippen LogP contribution in [0.5, 0.6) is 11.5 Å². The second-order valence-corrected chi connectivity index (χ2v) is 5.99. The Balaban J connectivity index is 1.59. The Morgan fingerprint density at radius 2 is 1.58 bits per heavy atom. The Bertz CT molecular complexity index is 746. The van der Waals surface area contributed by atoms with Crippen molar-refractivity contribution >= 4 is 12.1 Å². The third-order valence-corrected chi connectivity index (χ3v) is 4.03. The average Bonchev–Trinajstić information content (AvgIpc) is 2.62. The van der Waals surface area contributed by atoms with Crippen molar-refractivity contribution in [1.82, 2.24) is 4.90 Å². The Kier molecular flexibility index (Phi) is 5.46. The van der Waals surface area contributed by atoms with Crippen molar-refractivity contribution in [2.24, 2.45) is 5.92 Å². The molecule has 1 aliphatic rings. The van der Waals surface area contributed by atoms with Crippen LogP contribution >= 0.6 is 0 Å². The lowest BCUT2D eigenvalue weighted by Crippen LogP contribution is -2.44. The number of carbonyl (C=O) groups excluding carboxylic acids is 2. The van der Waals surface area contributed by atoms with E-state index in [4.69, 9.17) is 9.47 Å². The molecule has 5 nitrogen and oxygen atoms in total. The summed E-state index contributed by atoms with van der Waals surface area (Å²) in [7, 11) is 0. The molecule has 0 bridgehead atoms. The first-order chi connectivity index (χ1) is 12.5. The maximum absolute atomic E-state index is 13.2. The minimum absolute atomic E-state index is 0.0967. The molecule has 0 aromatic heterocycles. The van der Waals surface area contributed by atoms with Crippen LogP contribution < -0.4 is 9.47 Å². The van der Waals surface area contributed by atoms with Gasteiger partial charge in [-0.15, -0.1) is 0 Å². The summed E-state index contributed by atoms with van der Waals surface area (Å²) in [5.41, 5.74) is 0. The lowest BCUT2D eigenvalue weighted by Gasteiger charge is -2.30. The summed E-state index contributed by atoms with van der Waals surface area (Å²) in [6.45, 7) is 0.556. The fraction of sp³-hybridized carbons (Fsp3) is 0.263. The van der Waals surface area contributed by atoms with Gasteiger partial charge in [0.05, 0.1) is 5.92 Å². The molecule has 1 fully saturated rings. The van der Waals surface area contributed by atoms with Crippen molar-refractivity contribution in [1.29, 1.82) is 0 Å². The summed E-state index contributed by atoms with van der Waals surface area (Å²) < 4.78 is 36.7. The van der Waals surface area contributed by atoms with Gasteiger partial charge in [0.15, 0.2) is 0 Å². The highest BCUT2D eigenvalue weighted by atomic mass is 19.1. The van der Waals surface area contributed by atoms with Gasteiger partial charge in [0.2, 0.25) is 0 Å². The molecule has 1 heterocycles. The molecule has 7 heteroatoms. The lowest BCUT2D eigenvalue weighted by molar-refractivity contribution is -0.140. The third-order valence-electron chi connectivity index (χ3n) is 4.03. The number of benzene rings is 2. The predicted octanol–water partition coefficient (Wildman–Crippen LogP) is 3.78. The molecule has 0 aliphatic carbocycles. The van der Waals surface area contributed by atoms with E-state index >= 15 is 0 Å². The highest BCUT2D eigenvalue weighted by molar-refractivity contribution is 5.77. The number of rotatable bonds is 3. The van der Waals surface area contributed by atoms with Gasteiger partial charge in [0, 0.05) is 25.2 Å². The molecular formula is C19H17F2NO4. The van der Waals surface area contributed by atoms with E-state index in [2.05, 4.69) is 0 Å². The second-order valence-electron chi connectivity index (χ2n) is 5.99. The molecule has 136 valence electrons. The van der Waals surface area contributed by atoms with Crippen LogP contribution in [0.25, 0.3) is 0 Å². The SMILES string of the molecule is O=C(Oc1cccc(F)c1)C1CCCN(C(=O)Oc2cccc(F)c2)C1. The van der Waals surface area contributed by atoms with Crippen molar-refractivity contribution in [2.45, 2.75) is 12.8 Å². The zero-order chi connectivity index (χ0) is 18.5. The summed E-state index contributed by atoms with van der Waals surface area (Å²) in [4.78, 5) is 25.9. The predicted molar refractivity (Wildman–Crippen MR) is 88.8 cm³/mol. The lowest BCUT2D eigenvalue weighted by atomic mass is 9.98. The van der Waals surface area contributed by atoms with Crippen LogP contribution in [0.3, 0.4) is 0 Å². The first kappa shape index (κ1) is 17.8. The fourth-order valence-corrected chi connectivity index (χ4v) is 2.76. The van der Waals surface area contributed by atoms with Crippen LogP contribution in [0.1, 0.15) is 12.8 Å². The number of likely N-dealkylation sites (tertiary alicyclic amines) is 1. The molecule has 1 amide bonds. The highest BCUT2D eigenvalue weighted by Crippen LogP contribution is 2.22. The quantitative estimate of drug-likeness (QED) is 0.617. The zero-order valence-electron chi connectivity index (χ0n) is 13.9. The topological polar surface area (TPSA) is 55.8 Å². The van der Waals surface area contributed by atoms with Gasteiger partial charge < -0.3 is 14.4 Å². The average molecular weight is 361 g/mol. The summed E-state index contributed by atoms with van der Waals surface area (Å²) in [5, 5.41) is 0. The third kappa shape index (κ3) is 4.56. The van der Waals surface area contributed by atoms with Crippen LogP contribution in [-0.4, -0.2) is 30.1 Å². The molecular weight excluding hydrogens is 344 g/mol. The van der Waals surface area contributed by atoms with E-state index in [1.165, 1.54) is 41.3 Å². The van der Waals surface area contributed by atoms with E-state index in [1.54, 1.807) is 0 Å². The molecule has 2 aromatic rings. The fourth-order valence-electron chi connectivity index (χ4n) is 2.76. The summed E-state index contributed by atoms with van der Waals surface area (Å²) in [6.07, 6.45) is 0.498. The number of hydrogen-bond acceptors (Lipinski definition) is 4. The van der Waals surface area contributed by atoms with Gasteiger partial charge in [0.1, 0.15) is 23.1 Å². The van der Waals surface area contributed by atoms with Gasteiger partial charge in [-0.2, -0.15) is 0 Å². The number of esters is 1. The van der Waals surface area contributed by atoms with E-state index in [1.807, 2.05) is 0 Å². The molecule has 0 saturated carbocycles. The van der Waals surface area contributed by atoms with E-state index in [0.717, 1.165) is 12.1 Å². The normalized spacial score (nSPS) is 16.8. The number of hydrogen-bond donors (Lipinski definition) is 0. The van der Waals surface area contributed by atoms with Gasteiger partial charge in [-0.25, -0.2) is 13.6 Å². The maximum Gasteiger partial charge on any atom is 0.415 e. The molecule has 3 rings (SSSR count). The molecule has 26 heavy (non-hydrogen) atoms. The number of amides is 1. The molecule has 1 saturated heterocycles. The number of halogens is 2. The van der Waals surface area contributed by atoms with E-state index in [9.17, 15) is 18.4 Å². The number of piperidine rings is 1. The van der Waals surface area contributed by atoms with Crippen LogP contribution in [0.15, 0.2) is 48.5 Å². The second kappa shape index (κ2) is 7.95. The summed E-state index contributed by atoms with van der Waals surface area (Å²) in [5.74, 6) is -1.86. The van der Waals surface area contributed by atoms with E-state index < -0.39 is 29.6 Å². The summed E-state index contributed by atoms with van der Waals surface area (Å²) in [6, 6.07) is 10.6. The van der Waals surface area contributed by atoms with E-state index in [0.29, 0.717) is 19.4 Å². The number of ether oxygens (including phenoxy) is 2. The highest BCUT2D eigenvalue weighted by Gasteiger charge is 2.31. The Hall–Kier alpha value is -2.96. The molecule has 1 atom stereocenters. The Morgan fingerprint density at radius 3 is 2.19 bits per heavy atom. The monoisotopic (exact) mass is 361 g/mol. The van der Waals surface area contributed by atoms with Gasteiger partial charge in [-0.3, -0.25) is 4.79 Å². The van der Waals surface area contributed by atoms with Gasteiger partial charge >= 0.3 is 12.1 Å². The largest absolute Gasteiger partial charge is 0.426 e. The van der Waals surface area contributed by atoms with Crippen LogP contribution in [0, 0.1) is 17.6 Å². The summed E-state index contributed by atoms with van der Waals surface area (Å²) >= 11 is 0. The van der Waals surface area contributed by atoms with Crippen LogP contribution in [0.2, 0.25) is 0 Å². The standard InChI is InChI=1S/C19H17F2NO4/c20-14-5-1-7-16(10-14)25-18(23)13-4-3-9-22(12-13)19(24)26-17-8-2-6-15(21)11-17/h1-2,5-8,10-11,13H,3-4,9,12H2. The van der Waals surface area contributed by atoms with Crippen molar-refractivity contribution < 1.29 is 27.8 Å². The molecule has 0 N–H and O–H groups in total. The van der Waals surface area contributed by atoms with Gasteiger partial charge in [-0.1, -0.05) is 12.1 Å². The minimum Gasteiger partial charge on any atom is -0.426 e. The first-order valence-corrected chi connectivity index (χ1v) is 8.21. The zero-order valence-corrected chi connectivity index (χ0v) is 13.9. The van der Waals surface area contributed by atoms with Gasteiger partial charge in [0.25, 0.3) is 0 Å². The van der Waals surface area contributed by atoms with Crippen molar-refractivity contribution in [3.05, 3.63) is 60.2 Å². The number of carbonyl (C=O) groups is 2. The van der Waals surface area contributed by atoms with Gasteiger partial charge in [-0.05, 0) is 37.1 Å². The first-order valence-electron chi connectivity index (χ1n) is 8.21. The number of nitrogens with zero attached hydrogens (tertiary/aromatic N) is 1. The smallest absolute Gasteiger partial charge is 0.415 e. The Labute approximate surface area is 149 Å². The minimum atomic E-state index is -0.654. The van der Waals surface area contributed by atoms with Crippen LogP contribution in [-0.2, 0) is 4.79 Å². The van der Waals surface area contributed by atoms with Crippen molar-refractivity contribution in [2.75, 3.05) is 13.1 Å². The maximum atomic E-state index is 13.2. The molecule has 0 radical (unpaired) electrons. The van der Waals surface area contributed by atoms with E-state index in [-0.39, 0.29) is 18.0 Å². The molecule has 2 aromatic carbocycles. The van der Waals surface area contributed by atoms with Crippen molar-refractivity contribution in [3.63, 3.8) is 0 Å². The van der Waals surface area contributed by atoms with Crippen molar-refractivity contribution in [3.8, 4) is 11.5 Å². The molecule has 1 unspecified atom stereocenters. The Morgan fingerprint density at radius 1 is 0.962 bits per heavy atom. The molecule has 1 aliphatic heterocycles.